The Bertz CT molecular complexity index is 417. The highest BCUT2D eigenvalue weighted by Crippen LogP contribution is 2.21. The van der Waals surface area contributed by atoms with Crippen LogP contribution in [0.4, 0.5) is 0 Å². The highest BCUT2D eigenvalue weighted by molar-refractivity contribution is 5.75. The average Bonchev–Trinajstić information content (AvgIpc) is 2.54. The van der Waals surface area contributed by atoms with Gasteiger partial charge in [-0.2, -0.15) is 0 Å². The summed E-state index contributed by atoms with van der Waals surface area (Å²) >= 11 is 0. The van der Waals surface area contributed by atoms with Crippen molar-refractivity contribution >= 4 is 5.97 Å². The van der Waals surface area contributed by atoms with Crippen LogP contribution < -0.4 is 10.1 Å². The zero-order valence-electron chi connectivity index (χ0n) is 13.5. The van der Waals surface area contributed by atoms with Crippen LogP contribution in [-0.2, 0) is 9.53 Å². The van der Waals surface area contributed by atoms with Crippen LogP contribution in [0.25, 0.3) is 0 Å². The number of rotatable bonds is 9. The normalized spacial score (nSPS) is 13.5. The fourth-order valence-corrected chi connectivity index (χ4v) is 1.98. The maximum absolute atomic E-state index is 11.7. The molecule has 1 N–H and O–H groups in total. The molecule has 0 heterocycles. The molecule has 2 unspecified atom stereocenters. The van der Waals surface area contributed by atoms with Gasteiger partial charge in [0.25, 0.3) is 0 Å². The first-order valence-electron chi connectivity index (χ1n) is 7.66. The Morgan fingerprint density at radius 1 is 1.24 bits per heavy atom. The SMILES string of the molecule is CCCNC(COc1ccc(C(C)CC)cc1)C(=O)OC. The Morgan fingerprint density at radius 3 is 2.43 bits per heavy atom. The number of benzene rings is 1. The Hall–Kier alpha value is -1.55. The summed E-state index contributed by atoms with van der Waals surface area (Å²) in [6.07, 6.45) is 2.07. The quantitative estimate of drug-likeness (QED) is 0.711. The van der Waals surface area contributed by atoms with Gasteiger partial charge in [0.05, 0.1) is 7.11 Å². The van der Waals surface area contributed by atoms with Gasteiger partial charge in [-0.1, -0.05) is 32.9 Å². The van der Waals surface area contributed by atoms with Crippen molar-refractivity contribution < 1.29 is 14.3 Å². The molecule has 0 aliphatic carbocycles. The summed E-state index contributed by atoms with van der Waals surface area (Å²) in [5.41, 5.74) is 1.30. The number of ether oxygens (including phenoxy) is 2. The molecule has 0 fully saturated rings. The third-order valence-electron chi connectivity index (χ3n) is 3.60. The number of hydrogen-bond acceptors (Lipinski definition) is 4. The fraction of sp³-hybridized carbons (Fsp3) is 0.588. The Kier molecular flexibility index (Phi) is 7.83. The van der Waals surface area contributed by atoms with E-state index in [4.69, 9.17) is 9.47 Å². The van der Waals surface area contributed by atoms with Crippen molar-refractivity contribution in [3.8, 4) is 5.75 Å². The summed E-state index contributed by atoms with van der Waals surface area (Å²) in [6.45, 7) is 7.47. The van der Waals surface area contributed by atoms with Gasteiger partial charge < -0.3 is 14.8 Å². The summed E-state index contributed by atoms with van der Waals surface area (Å²) in [5, 5.41) is 3.13. The molecule has 0 saturated carbocycles. The minimum atomic E-state index is -0.427. The van der Waals surface area contributed by atoms with E-state index in [1.165, 1.54) is 12.7 Å². The molecule has 21 heavy (non-hydrogen) atoms. The highest BCUT2D eigenvalue weighted by atomic mass is 16.5. The topological polar surface area (TPSA) is 47.6 Å². The fourth-order valence-electron chi connectivity index (χ4n) is 1.98. The van der Waals surface area contributed by atoms with Gasteiger partial charge in [0.1, 0.15) is 18.4 Å². The number of esters is 1. The second-order valence-electron chi connectivity index (χ2n) is 5.22. The van der Waals surface area contributed by atoms with Crippen LogP contribution in [0.5, 0.6) is 5.75 Å². The van der Waals surface area contributed by atoms with E-state index in [0.29, 0.717) is 5.92 Å². The van der Waals surface area contributed by atoms with Crippen molar-refractivity contribution in [2.75, 3.05) is 20.3 Å². The van der Waals surface area contributed by atoms with Gasteiger partial charge in [0.15, 0.2) is 0 Å². The van der Waals surface area contributed by atoms with Crippen LogP contribution in [-0.4, -0.2) is 32.3 Å². The van der Waals surface area contributed by atoms with Crippen molar-refractivity contribution in [1.29, 1.82) is 0 Å². The lowest BCUT2D eigenvalue weighted by molar-refractivity contribution is -0.143. The smallest absolute Gasteiger partial charge is 0.326 e. The van der Waals surface area contributed by atoms with Gasteiger partial charge in [-0.05, 0) is 43.0 Å². The van der Waals surface area contributed by atoms with Gasteiger partial charge in [0, 0.05) is 0 Å². The molecule has 0 radical (unpaired) electrons. The molecule has 0 bridgehead atoms. The lowest BCUT2D eigenvalue weighted by Gasteiger charge is -2.17. The lowest BCUT2D eigenvalue weighted by Crippen LogP contribution is -2.42. The second-order valence-corrected chi connectivity index (χ2v) is 5.22. The van der Waals surface area contributed by atoms with E-state index in [1.54, 1.807) is 0 Å². The largest absolute Gasteiger partial charge is 0.491 e. The third-order valence-corrected chi connectivity index (χ3v) is 3.60. The van der Waals surface area contributed by atoms with Crippen molar-refractivity contribution in [3.05, 3.63) is 29.8 Å². The van der Waals surface area contributed by atoms with Gasteiger partial charge in [-0.3, -0.25) is 4.79 Å². The minimum Gasteiger partial charge on any atom is -0.491 e. The molecule has 0 aromatic heterocycles. The molecule has 0 amide bonds. The predicted molar refractivity (Wildman–Crippen MR) is 84.7 cm³/mol. The number of nitrogens with one attached hydrogen (secondary N) is 1. The molecular formula is C17H27NO3. The molecule has 0 saturated heterocycles. The zero-order valence-corrected chi connectivity index (χ0v) is 13.5. The first-order valence-corrected chi connectivity index (χ1v) is 7.66. The molecular weight excluding hydrogens is 266 g/mol. The van der Waals surface area contributed by atoms with E-state index in [-0.39, 0.29) is 12.6 Å². The molecule has 2 atom stereocenters. The standard InChI is InChI=1S/C17H27NO3/c1-5-11-18-16(17(19)20-4)12-21-15-9-7-14(8-10-15)13(3)6-2/h7-10,13,16,18H,5-6,11-12H2,1-4H3. The second kappa shape index (κ2) is 9.40. The molecule has 1 rings (SSSR count). The average molecular weight is 293 g/mol. The third kappa shape index (κ3) is 5.76. The van der Waals surface area contributed by atoms with E-state index in [2.05, 4.69) is 38.2 Å². The van der Waals surface area contributed by atoms with E-state index >= 15 is 0 Å². The van der Waals surface area contributed by atoms with E-state index in [9.17, 15) is 4.79 Å². The molecule has 0 aliphatic rings. The van der Waals surface area contributed by atoms with Crippen LogP contribution in [0, 0.1) is 0 Å². The van der Waals surface area contributed by atoms with Gasteiger partial charge >= 0.3 is 5.97 Å². The number of methoxy groups -OCH3 is 1. The first-order chi connectivity index (χ1) is 10.1. The van der Waals surface area contributed by atoms with Crippen molar-refractivity contribution in [2.24, 2.45) is 0 Å². The van der Waals surface area contributed by atoms with Gasteiger partial charge in [-0.15, -0.1) is 0 Å². The van der Waals surface area contributed by atoms with Crippen LogP contribution in [0.1, 0.15) is 45.1 Å². The van der Waals surface area contributed by atoms with Gasteiger partial charge in [0.2, 0.25) is 0 Å². The Balaban J connectivity index is 2.56. The molecule has 1 aromatic carbocycles. The monoisotopic (exact) mass is 293 g/mol. The van der Waals surface area contributed by atoms with Crippen molar-refractivity contribution in [2.45, 2.75) is 45.6 Å². The van der Waals surface area contributed by atoms with Crippen molar-refractivity contribution in [3.63, 3.8) is 0 Å². The molecule has 1 aromatic rings. The molecule has 4 heteroatoms. The van der Waals surface area contributed by atoms with Crippen LogP contribution in [0.2, 0.25) is 0 Å². The molecule has 0 aliphatic heterocycles. The summed E-state index contributed by atoms with van der Waals surface area (Å²) in [4.78, 5) is 11.7. The Labute approximate surface area is 127 Å². The summed E-state index contributed by atoms with van der Waals surface area (Å²) < 4.78 is 10.5. The van der Waals surface area contributed by atoms with Crippen LogP contribution in [0.3, 0.4) is 0 Å². The maximum Gasteiger partial charge on any atom is 0.326 e. The number of carbonyl (C=O) groups is 1. The highest BCUT2D eigenvalue weighted by Gasteiger charge is 2.18. The van der Waals surface area contributed by atoms with E-state index < -0.39 is 6.04 Å². The summed E-state index contributed by atoms with van der Waals surface area (Å²) in [6, 6.07) is 7.64. The first kappa shape index (κ1) is 17.5. The number of hydrogen-bond donors (Lipinski definition) is 1. The summed E-state index contributed by atoms with van der Waals surface area (Å²) in [7, 11) is 1.39. The lowest BCUT2D eigenvalue weighted by atomic mass is 9.99. The molecule has 4 nitrogen and oxygen atoms in total. The molecule has 0 spiro atoms. The van der Waals surface area contributed by atoms with Crippen LogP contribution in [0.15, 0.2) is 24.3 Å². The zero-order chi connectivity index (χ0) is 15.7. The summed E-state index contributed by atoms with van der Waals surface area (Å²) in [5.74, 6) is 1.03. The minimum absolute atomic E-state index is 0.273. The van der Waals surface area contributed by atoms with E-state index in [0.717, 1.165) is 25.1 Å². The van der Waals surface area contributed by atoms with Gasteiger partial charge in [-0.25, -0.2) is 0 Å². The Morgan fingerprint density at radius 2 is 1.90 bits per heavy atom. The number of carbonyl (C=O) groups excluding carboxylic acids is 1. The van der Waals surface area contributed by atoms with Crippen LogP contribution >= 0.6 is 0 Å². The maximum atomic E-state index is 11.7. The van der Waals surface area contributed by atoms with E-state index in [1.807, 2.05) is 12.1 Å². The predicted octanol–water partition coefficient (Wildman–Crippen LogP) is 3.12. The van der Waals surface area contributed by atoms with Crippen molar-refractivity contribution in [1.82, 2.24) is 5.32 Å². The molecule has 118 valence electrons.